The lowest BCUT2D eigenvalue weighted by Gasteiger charge is -2.30. The first-order valence-electron chi connectivity index (χ1n) is 5.51. The molecule has 1 fully saturated rings. The summed E-state index contributed by atoms with van der Waals surface area (Å²) in [5.41, 5.74) is 5.27. The minimum Gasteiger partial charge on any atom is -0.374 e. The third-order valence-corrected chi connectivity index (χ3v) is 3.92. The Kier molecular flexibility index (Phi) is 5.63. The largest absolute Gasteiger partial charge is 0.374 e. The molecule has 16 heavy (non-hydrogen) atoms. The highest BCUT2D eigenvalue weighted by atomic mass is 32.2. The van der Waals surface area contributed by atoms with Gasteiger partial charge in [-0.25, -0.2) is 13.1 Å². The van der Waals surface area contributed by atoms with Crippen LogP contribution in [-0.2, 0) is 14.8 Å². The topological polar surface area (TPSA) is 84.7 Å². The summed E-state index contributed by atoms with van der Waals surface area (Å²) in [7, 11) is -1.19. The van der Waals surface area contributed by atoms with Gasteiger partial charge in [-0.3, -0.25) is 0 Å². The van der Waals surface area contributed by atoms with Gasteiger partial charge in [-0.1, -0.05) is 0 Å². The second-order valence-electron chi connectivity index (χ2n) is 4.06. The van der Waals surface area contributed by atoms with Crippen molar-refractivity contribution in [3.63, 3.8) is 0 Å². The molecule has 3 N–H and O–H groups in total. The summed E-state index contributed by atoms with van der Waals surface area (Å²) in [5, 5.41) is 0. The molecule has 1 saturated heterocycles. The predicted molar refractivity (Wildman–Crippen MR) is 62.7 cm³/mol. The molecule has 6 nitrogen and oxygen atoms in total. The zero-order valence-electron chi connectivity index (χ0n) is 9.68. The summed E-state index contributed by atoms with van der Waals surface area (Å²) >= 11 is 0. The van der Waals surface area contributed by atoms with Crippen LogP contribution >= 0.6 is 0 Å². The van der Waals surface area contributed by atoms with Crippen molar-refractivity contribution in [1.29, 1.82) is 0 Å². The molecule has 0 bridgehead atoms. The van der Waals surface area contributed by atoms with Crippen LogP contribution in [0.5, 0.6) is 0 Å². The summed E-state index contributed by atoms with van der Waals surface area (Å²) in [4.78, 5) is 2.13. The zero-order chi connectivity index (χ0) is 12.0. The van der Waals surface area contributed by atoms with Gasteiger partial charge in [0.05, 0.1) is 18.5 Å². The quantitative estimate of drug-likeness (QED) is 0.605. The number of sulfonamides is 1. The van der Waals surface area contributed by atoms with Crippen molar-refractivity contribution in [2.75, 3.05) is 45.6 Å². The van der Waals surface area contributed by atoms with Crippen molar-refractivity contribution in [1.82, 2.24) is 9.62 Å². The third kappa shape index (κ3) is 5.22. The average Bonchev–Trinajstić information content (AvgIpc) is 2.24. The van der Waals surface area contributed by atoms with Crippen molar-refractivity contribution in [2.45, 2.75) is 12.5 Å². The van der Waals surface area contributed by atoms with Gasteiger partial charge in [0.1, 0.15) is 0 Å². The van der Waals surface area contributed by atoms with Crippen LogP contribution in [0.15, 0.2) is 0 Å². The van der Waals surface area contributed by atoms with Crippen LogP contribution in [0.2, 0.25) is 0 Å². The monoisotopic (exact) mass is 251 g/mol. The molecule has 7 heteroatoms. The van der Waals surface area contributed by atoms with Crippen molar-refractivity contribution in [2.24, 2.45) is 5.73 Å². The molecule has 1 atom stereocenters. The van der Waals surface area contributed by atoms with E-state index in [4.69, 9.17) is 10.5 Å². The van der Waals surface area contributed by atoms with Gasteiger partial charge in [0.15, 0.2) is 0 Å². The van der Waals surface area contributed by atoms with E-state index in [1.54, 1.807) is 0 Å². The number of nitrogens with one attached hydrogen (secondary N) is 1. The second-order valence-corrected chi connectivity index (χ2v) is 5.99. The molecule has 1 aliphatic rings. The molecule has 1 heterocycles. The Labute approximate surface area is 97.2 Å². The van der Waals surface area contributed by atoms with E-state index in [1.165, 1.54) is 0 Å². The number of nitrogens with zero attached hydrogens (tertiary/aromatic N) is 1. The summed E-state index contributed by atoms with van der Waals surface area (Å²) < 4.78 is 31.0. The molecule has 0 aromatic heterocycles. The Morgan fingerprint density at radius 3 is 2.94 bits per heavy atom. The molecule has 0 amide bonds. The lowest BCUT2D eigenvalue weighted by Crippen LogP contribution is -2.46. The lowest BCUT2D eigenvalue weighted by atomic mass is 10.3. The highest BCUT2D eigenvalue weighted by Crippen LogP contribution is 2.02. The van der Waals surface area contributed by atoms with Crippen LogP contribution in [0.1, 0.15) is 6.42 Å². The minimum absolute atomic E-state index is 0.0496. The first kappa shape index (κ1) is 13.9. The van der Waals surface area contributed by atoms with E-state index >= 15 is 0 Å². The van der Waals surface area contributed by atoms with E-state index in [1.807, 2.05) is 7.05 Å². The van der Waals surface area contributed by atoms with E-state index in [2.05, 4.69) is 9.62 Å². The zero-order valence-corrected chi connectivity index (χ0v) is 10.5. The Balaban J connectivity index is 2.27. The van der Waals surface area contributed by atoms with E-state index in [9.17, 15) is 8.42 Å². The van der Waals surface area contributed by atoms with Crippen LogP contribution in [0.25, 0.3) is 0 Å². The number of hydrogen-bond acceptors (Lipinski definition) is 5. The SMILES string of the molecule is CN1CCOC(CNS(=O)(=O)CCCN)C1. The number of hydrogen-bond donors (Lipinski definition) is 2. The molecular weight excluding hydrogens is 230 g/mol. The third-order valence-electron chi connectivity index (χ3n) is 2.49. The molecule has 0 radical (unpaired) electrons. The number of morpholine rings is 1. The van der Waals surface area contributed by atoms with Gasteiger partial charge >= 0.3 is 0 Å². The maximum absolute atomic E-state index is 11.5. The molecule has 1 rings (SSSR count). The Morgan fingerprint density at radius 2 is 2.31 bits per heavy atom. The number of rotatable bonds is 6. The molecule has 1 aliphatic heterocycles. The molecule has 0 spiro atoms. The standard InChI is InChI=1S/C9H21N3O3S/c1-12-4-5-15-9(8-12)7-11-16(13,14)6-2-3-10/h9,11H,2-8,10H2,1H3. The summed E-state index contributed by atoms with van der Waals surface area (Å²) in [6.07, 6.45) is 0.437. The van der Waals surface area contributed by atoms with Crippen molar-refractivity contribution in [3.05, 3.63) is 0 Å². The Bertz CT molecular complexity index is 294. The van der Waals surface area contributed by atoms with E-state index in [0.29, 0.717) is 26.1 Å². The second kappa shape index (κ2) is 6.51. The van der Waals surface area contributed by atoms with Crippen LogP contribution in [0, 0.1) is 0 Å². The average molecular weight is 251 g/mol. The molecule has 0 aromatic rings. The van der Waals surface area contributed by atoms with Crippen LogP contribution in [0.4, 0.5) is 0 Å². The van der Waals surface area contributed by atoms with E-state index < -0.39 is 10.0 Å². The fraction of sp³-hybridized carbons (Fsp3) is 1.00. The van der Waals surface area contributed by atoms with Gasteiger partial charge in [-0.05, 0) is 20.0 Å². The Morgan fingerprint density at radius 1 is 1.56 bits per heavy atom. The first-order chi connectivity index (χ1) is 7.53. The number of ether oxygens (including phenoxy) is 1. The smallest absolute Gasteiger partial charge is 0.211 e. The molecule has 96 valence electrons. The normalized spacial score (nSPS) is 23.5. The Hall–Kier alpha value is -0.210. The summed E-state index contributed by atoms with van der Waals surface area (Å²) in [5.74, 6) is 0.0893. The number of likely N-dealkylation sites (N-methyl/N-ethyl adjacent to an activating group) is 1. The fourth-order valence-corrected chi connectivity index (χ4v) is 2.69. The van der Waals surface area contributed by atoms with Gasteiger partial charge in [-0.15, -0.1) is 0 Å². The van der Waals surface area contributed by atoms with Crippen LogP contribution in [0.3, 0.4) is 0 Å². The van der Waals surface area contributed by atoms with Crippen LogP contribution in [-0.4, -0.2) is 65.0 Å². The predicted octanol–water partition coefficient (Wildman–Crippen LogP) is -1.41. The van der Waals surface area contributed by atoms with E-state index in [-0.39, 0.29) is 11.9 Å². The van der Waals surface area contributed by atoms with Gasteiger partial charge in [0, 0.05) is 19.6 Å². The number of nitrogens with two attached hydrogens (primary N) is 1. The summed E-state index contributed by atoms with van der Waals surface area (Å²) in [6, 6.07) is 0. The molecular formula is C9H21N3O3S. The molecule has 1 unspecified atom stereocenters. The maximum Gasteiger partial charge on any atom is 0.211 e. The first-order valence-corrected chi connectivity index (χ1v) is 7.16. The van der Waals surface area contributed by atoms with E-state index in [0.717, 1.165) is 13.1 Å². The maximum atomic E-state index is 11.5. The van der Waals surface area contributed by atoms with Gasteiger partial charge in [0.25, 0.3) is 0 Å². The van der Waals surface area contributed by atoms with Gasteiger partial charge in [0.2, 0.25) is 10.0 Å². The summed E-state index contributed by atoms with van der Waals surface area (Å²) in [6.45, 7) is 3.06. The molecule has 0 aromatic carbocycles. The minimum atomic E-state index is -3.19. The van der Waals surface area contributed by atoms with Crippen LogP contribution < -0.4 is 10.5 Å². The van der Waals surface area contributed by atoms with Crippen molar-refractivity contribution < 1.29 is 13.2 Å². The van der Waals surface area contributed by atoms with Gasteiger partial charge < -0.3 is 15.4 Å². The molecule has 0 aliphatic carbocycles. The van der Waals surface area contributed by atoms with Crippen molar-refractivity contribution >= 4 is 10.0 Å². The van der Waals surface area contributed by atoms with Gasteiger partial charge in [-0.2, -0.15) is 0 Å². The fourth-order valence-electron chi connectivity index (χ4n) is 1.56. The lowest BCUT2D eigenvalue weighted by molar-refractivity contribution is -0.0156. The highest BCUT2D eigenvalue weighted by Gasteiger charge is 2.19. The van der Waals surface area contributed by atoms with Crippen molar-refractivity contribution in [3.8, 4) is 0 Å². The molecule has 0 saturated carbocycles. The highest BCUT2D eigenvalue weighted by molar-refractivity contribution is 7.89.